The van der Waals surface area contributed by atoms with E-state index in [1.165, 1.54) is 11.1 Å². The fraction of sp³-hybridized carbons (Fsp3) is 0.538. The van der Waals surface area contributed by atoms with Crippen LogP contribution in [0.3, 0.4) is 0 Å². The Balaban J connectivity index is 2.52. The molecule has 0 aliphatic rings. The van der Waals surface area contributed by atoms with E-state index in [-0.39, 0.29) is 12.6 Å². The smallest absolute Gasteiger partial charge is 0.119 e. The van der Waals surface area contributed by atoms with Gasteiger partial charge in [0.2, 0.25) is 0 Å². The predicted molar refractivity (Wildman–Crippen MR) is 66.0 cm³/mol. The van der Waals surface area contributed by atoms with E-state index < -0.39 is 0 Å². The van der Waals surface area contributed by atoms with Gasteiger partial charge in [-0.1, -0.05) is 13.0 Å². The molecule has 3 heteroatoms. The molecule has 0 radical (unpaired) electrons. The zero-order chi connectivity index (χ0) is 12.0. The number of benzene rings is 1. The van der Waals surface area contributed by atoms with E-state index in [1.807, 2.05) is 32.9 Å². The molecule has 1 unspecified atom stereocenters. The Bertz CT molecular complexity index is 305. The SMILES string of the molecule is CCNC(CO)COc1cc(C)cc(C)c1. The second kappa shape index (κ2) is 6.51. The van der Waals surface area contributed by atoms with Crippen molar-refractivity contribution in [2.75, 3.05) is 19.8 Å². The minimum absolute atomic E-state index is 0.00539. The van der Waals surface area contributed by atoms with Gasteiger partial charge in [0.05, 0.1) is 12.6 Å². The first kappa shape index (κ1) is 13.0. The first-order valence-corrected chi connectivity index (χ1v) is 5.71. The van der Waals surface area contributed by atoms with E-state index in [9.17, 15) is 0 Å². The lowest BCUT2D eigenvalue weighted by Crippen LogP contribution is -2.37. The number of hydrogen-bond acceptors (Lipinski definition) is 3. The van der Waals surface area contributed by atoms with Gasteiger partial charge in [-0.15, -0.1) is 0 Å². The Kier molecular flexibility index (Phi) is 5.29. The Labute approximate surface area is 97.4 Å². The maximum Gasteiger partial charge on any atom is 0.119 e. The predicted octanol–water partition coefficient (Wildman–Crippen LogP) is 1.65. The van der Waals surface area contributed by atoms with E-state index in [0.717, 1.165) is 12.3 Å². The second-order valence-corrected chi connectivity index (χ2v) is 4.07. The molecule has 1 atom stereocenters. The largest absolute Gasteiger partial charge is 0.492 e. The lowest BCUT2D eigenvalue weighted by atomic mass is 10.1. The Morgan fingerprint density at radius 2 is 1.88 bits per heavy atom. The maximum atomic E-state index is 9.10. The normalized spacial score (nSPS) is 12.5. The third kappa shape index (κ3) is 4.21. The van der Waals surface area contributed by atoms with Gasteiger partial charge in [0.1, 0.15) is 12.4 Å². The molecule has 1 rings (SSSR count). The monoisotopic (exact) mass is 223 g/mol. The lowest BCUT2D eigenvalue weighted by molar-refractivity contribution is 0.184. The summed E-state index contributed by atoms with van der Waals surface area (Å²) >= 11 is 0. The van der Waals surface area contributed by atoms with Crippen molar-refractivity contribution < 1.29 is 9.84 Å². The zero-order valence-electron chi connectivity index (χ0n) is 10.3. The molecule has 0 amide bonds. The summed E-state index contributed by atoms with van der Waals surface area (Å²) in [5.41, 5.74) is 2.39. The van der Waals surface area contributed by atoms with E-state index in [2.05, 4.69) is 11.4 Å². The van der Waals surface area contributed by atoms with E-state index in [0.29, 0.717) is 6.61 Å². The minimum Gasteiger partial charge on any atom is -0.492 e. The molecule has 0 saturated carbocycles. The van der Waals surface area contributed by atoms with Crippen LogP contribution in [0, 0.1) is 13.8 Å². The van der Waals surface area contributed by atoms with Gasteiger partial charge in [-0.05, 0) is 43.7 Å². The van der Waals surface area contributed by atoms with Crippen LogP contribution in [0.4, 0.5) is 0 Å². The Morgan fingerprint density at radius 3 is 2.38 bits per heavy atom. The van der Waals surface area contributed by atoms with Crippen LogP contribution in [0.2, 0.25) is 0 Å². The molecule has 0 spiro atoms. The highest BCUT2D eigenvalue weighted by Gasteiger charge is 2.06. The maximum absolute atomic E-state index is 9.10. The highest BCUT2D eigenvalue weighted by molar-refractivity contribution is 5.32. The van der Waals surface area contributed by atoms with Crippen molar-refractivity contribution >= 4 is 0 Å². The zero-order valence-corrected chi connectivity index (χ0v) is 10.3. The fourth-order valence-corrected chi connectivity index (χ4v) is 1.68. The molecule has 90 valence electrons. The number of nitrogens with one attached hydrogen (secondary N) is 1. The molecule has 2 N–H and O–H groups in total. The summed E-state index contributed by atoms with van der Waals surface area (Å²) < 4.78 is 5.65. The van der Waals surface area contributed by atoms with Crippen LogP contribution in [-0.4, -0.2) is 30.9 Å². The number of ether oxygens (including phenoxy) is 1. The molecule has 1 aromatic carbocycles. The van der Waals surface area contributed by atoms with Crippen molar-refractivity contribution in [2.24, 2.45) is 0 Å². The van der Waals surface area contributed by atoms with Crippen molar-refractivity contribution in [3.63, 3.8) is 0 Å². The Morgan fingerprint density at radius 1 is 1.25 bits per heavy atom. The lowest BCUT2D eigenvalue weighted by Gasteiger charge is -2.16. The number of aliphatic hydroxyl groups is 1. The average Bonchev–Trinajstić information content (AvgIpc) is 2.23. The van der Waals surface area contributed by atoms with Crippen LogP contribution < -0.4 is 10.1 Å². The molecule has 0 aromatic heterocycles. The molecule has 3 nitrogen and oxygen atoms in total. The molecular formula is C13H21NO2. The number of aryl methyl sites for hydroxylation is 2. The molecule has 16 heavy (non-hydrogen) atoms. The summed E-state index contributed by atoms with van der Waals surface area (Å²) in [6.07, 6.45) is 0. The quantitative estimate of drug-likeness (QED) is 0.770. The standard InChI is InChI=1S/C13H21NO2/c1-4-14-12(8-15)9-16-13-6-10(2)5-11(3)7-13/h5-7,12,14-15H,4,8-9H2,1-3H3. The first-order chi connectivity index (χ1) is 7.65. The summed E-state index contributed by atoms with van der Waals surface area (Å²) in [7, 11) is 0. The van der Waals surface area contributed by atoms with Gasteiger partial charge in [-0.25, -0.2) is 0 Å². The highest BCUT2D eigenvalue weighted by Crippen LogP contribution is 2.16. The average molecular weight is 223 g/mol. The second-order valence-electron chi connectivity index (χ2n) is 4.07. The van der Waals surface area contributed by atoms with Gasteiger partial charge in [-0.3, -0.25) is 0 Å². The molecule has 0 aliphatic carbocycles. The van der Waals surface area contributed by atoms with Gasteiger partial charge >= 0.3 is 0 Å². The molecule has 0 fully saturated rings. The van der Waals surface area contributed by atoms with Gasteiger partial charge in [0.25, 0.3) is 0 Å². The van der Waals surface area contributed by atoms with Crippen molar-refractivity contribution in [3.8, 4) is 5.75 Å². The molecule has 0 heterocycles. The van der Waals surface area contributed by atoms with Gasteiger partial charge < -0.3 is 15.2 Å². The van der Waals surface area contributed by atoms with E-state index in [1.54, 1.807) is 0 Å². The van der Waals surface area contributed by atoms with E-state index in [4.69, 9.17) is 9.84 Å². The molecule has 0 bridgehead atoms. The van der Waals surface area contributed by atoms with Crippen LogP contribution in [0.5, 0.6) is 5.75 Å². The molecule has 0 saturated heterocycles. The minimum atomic E-state index is 0.00539. The molecule has 0 aliphatic heterocycles. The fourth-order valence-electron chi connectivity index (χ4n) is 1.68. The molecular weight excluding hydrogens is 202 g/mol. The summed E-state index contributed by atoms with van der Waals surface area (Å²) in [4.78, 5) is 0. The van der Waals surface area contributed by atoms with Crippen LogP contribution in [0.1, 0.15) is 18.1 Å². The summed E-state index contributed by atoms with van der Waals surface area (Å²) in [5.74, 6) is 0.869. The van der Waals surface area contributed by atoms with E-state index >= 15 is 0 Å². The van der Waals surface area contributed by atoms with Gasteiger partial charge in [0.15, 0.2) is 0 Å². The highest BCUT2D eigenvalue weighted by atomic mass is 16.5. The van der Waals surface area contributed by atoms with Crippen molar-refractivity contribution in [2.45, 2.75) is 26.8 Å². The first-order valence-electron chi connectivity index (χ1n) is 5.71. The summed E-state index contributed by atoms with van der Waals surface area (Å²) in [6, 6.07) is 6.13. The van der Waals surface area contributed by atoms with Gasteiger partial charge in [0, 0.05) is 0 Å². The van der Waals surface area contributed by atoms with Crippen LogP contribution in [0.15, 0.2) is 18.2 Å². The van der Waals surface area contributed by atoms with Crippen LogP contribution in [-0.2, 0) is 0 Å². The molecule has 1 aromatic rings. The number of hydrogen-bond donors (Lipinski definition) is 2. The van der Waals surface area contributed by atoms with Crippen molar-refractivity contribution in [3.05, 3.63) is 29.3 Å². The van der Waals surface area contributed by atoms with Crippen molar-refractivity contribution in [1.82, 2.24) is 5.32 Å². The van der Waals surface area contributed by atoms with Crippen LogP contribution in [0.25, 0.3) is 0 Å². The summed E-state index contributed by atoms with van der Waals surface area (Å²) in [6.45, 7) is 7.54. The van der Waals surface area contributed by atoms with Crippen LogP contribution >= 0.6 is 0 Å². The van der Waals surface area contributed by atoms with Crippen molar-refractivity contribution in [1.29, 1.82) is 0 Å². The summed E-state index contributed by atoms with van der Waals surface area (Å²) in [5, 5.41) is 12.3. The third-order valence-corrected chi connectivity index (χ3v) is 2.36. The topological polar surface area (TPSA) is 41.5 Å². The number of aliphatic hydroxyl groups excluding tert-OH is 1. The third-order valence-electron chi connectivity index (χ3n) is 2.36. The number of likely N-dealkylation sites (N-methyl/N-ethyl adjacent to an activating group) is 1. The number of rotatable bonds is 6. The Hall–Kier alpha value is -1.06. The van der Waals surface area contributed by atoms with Gasteiger partial charge in [-0.2, -0.15) is 0 Å².